The summed E-state index contributed by atoms with van der Waals surface area (Å²) in [5, 5.41) is 23.4. The summed E-state index contributed by atoms with van der Waals surface area (Å²) in [6.45, 7) is 4.55. The molecule has 1 saturated heterocycles. The van der Waals surface area contributed by atoms with Crippen LogP contribution in [0.2, 0.25) is 0 Å². The number of phenols is 1. The lowest BCUT2D eigenvalue weighted by molar-refractivity contribution is 0.0644. The summed E-state index contributed by atoms with van der Waals surface area (Å²) in [5.41, 5.74) is 0.873. The van der Waals surface area contributed by atoms with Gasteiger partial charge in [0, 0.05) is 19.5 Å². The molecule has 1 amide bonds. The predicted molar refractivity (Wildman–Crippen MR) is 130 cm³/mol. The van der Waals surface area contributed by atoms with Crippen LogP contribution in [0.25, 0.3) is 0 Å². The van der Waals surface area contributed by atoms with Crippen molar-refractivity contribution in [3.05, 3.63) is 60.2 Å². The van der Waals surface area contributed by atoms with Gasteiger partial charge in [-0.3, -0.25) is 0 Å². The molecular weight excluding hydrogens is 472 g/mol. The third-order valence-corrected chi connectivity index (χ3v) is 7.51. The molecule has 3 N–H and O–H groups in total. The van der Waals surface area contributed by atoms with Crippen LogP contribution in [0.3, 0.4) is 0 Å². The lowest BCUT2D eigenvalue weighted by Gasteiger charge is -2.30. The zero-order valence-corrected chi connectivity index (χ0v) is 20.9. The molecule has 0 saturated carbocycles. The van der Waals surface area contributed by atoms with Crippen molar-refractivity contribution < 1.29 is 32.9 Å². The maximum absolute atomic E-state index is 13.4. The van der Waals surface area contributed by atoms with Crippen molar-refractivity contribution in [3.8, 4) is 5.75 Å². The van der Waals surface area contributed by atoms with Gasteiger partial charge >= 0.3 is 6.09 Å². The van der Waals surface area contributed by atoms with Crippen LogP contribution in [0, 0.1) is 5.92 Å². The molecule has 35 heavy (non-hydrogen) atoms. The average molecular weight is 507 g/mol. The molecule has 3 unspecified atom stereocenters. The van der Waals surface area contributed by atoms with Crippen molar-refractivity contribution in [2.75, 3.05) is 26.3 Å². The molecule has 1 fully saturated rings. The number of aliphatic hydroxyl groups is 1. The first kappa shape index (κ1) is 26.9. The highest BCUT2D eigenvalue weighted by molar-refractivity contribution is 7.89. The lowest BCUT2D eigenvalue weighted by Crippen LogP contribution is -2.51. The van der Waals surface area contributed by atoms with E-state index in [0.717, 1.165) is 5.56 Å². The van der Waals surface area contributed by atoms with Gasteiger partial charge in [0.25, 0.3) is 0 Å². The van der Waals surface area contributed by atoms with Gasteiger partial charge in [-0.05, 0) is 42.2 Å². The van der Waals surface area contributed by atoms with Crippen LogP contribution in [-0.2, 0) is 25.9 Å². The van der Waals surface area contributed by atoms with E-state index in [-0.39, 0.29) is 42.2 Å². The van der Waals surface area contributed by atoms with Gasteiger partial charge in [0.15, 0.2) is 0 Å². The number of phenolic OH excluding ortho intramolecular Hbond substituents is 1. The quantitative estimate of drug-likeness (QED) is 0.428. The number of hydrogen-bond donors (Lipinski definition) is 3. The maximum Gasteiger partial charge on any atom is 0.407 e. The molecule has 1 heterocycles. The van der Waals surface area contributed by atoms with E-state index in [1.54, 1.807) is 0 Å². The Morgan fingerprint density at radius 3 is 2.43 bits per heavy atom. The van der Waals surface area contributed by atoms with Crippen molar-refractivity contribution in [1.29, 1.82) is 0 Å². The number of amides is 1. The molecule has 1 aliphatic heterocycles. The summed E-state index contributed by atoms with van der Waals surface area (Å²) in [5.74, 6) is -0.0559. The van der Waals surface area contributed by atoms with Crippen LogP contribution < -0.4 is 5.32 Å². The molecule has 9 nitrogen and oxygen atoms in total. The highest BCUT2D eigenvalue weighted by Gasteiger charge is 2.32. The van der Waals surface area contributed by atoms with Crippen LogP contribution in [0.5, 0.6) is 5.75 Å². The lowest BCUT2D eigenvalue weighted by atomic mass is 10.0. The van der Waals surface area contributed by atoms with Gasteiger partial charge in [-0.1, -0.05) is 44.2 Å². The van der Waals surface area contributed by atoms with Crippen LogP contribution in [0.15, 0.2) is 59.5 Å². The Morgan fingerprint density at radius 1 is 1.14 bits per heavy atom. The average Bonchev–Trinajstić information content (AvgIpc) is 3.31. The van der Waals surface area contributed by atoms with Crippen LogP contribution in [-0.4, -0.2) is 73.6 Å². The van der Waals surface area contributed by atoms with Crippen molar-refractivity contribution in [2.45, 2.75) is 49.8 Å². The predicted octanol–water partition coefficient (Wildman–Crippen LogP) is 2.53. The summed E-state index contributed by atoms with van der Waals surface area (Å²) in [7, 11) is -3.96. The Morgan fingerprint density at radius 2 is 1.83 bits per heavy atom. The largest absolute Gasteiger partial charge is 0.508 e. The summed E-state index contributed by atoms with van der Waals surface area (Å²) >= 11 is 0. The van der Waals surface area contributed by atoms with E-state index in [4.69, 9.17) is 9.47 Å². The monoisotopic (exact) mass is 506 g/mol. The topological polar surface area (TPSA) is 125 Å². The fourth-order valence-corrected chi connectivity index (χ4v) is 5.50. The second-order valence-electron chi connectivity index (χ2n) is 9.11. The van der Waals surface area contributed by atoms with E-state index < -0.39 is 28.3 Å². The number of aliphatic hydroxyl groups excluding tert-OH is 1. The maximum atomic E-state index is 13.4. The zero-order valence-electron chi connectivity index (χ0n) is 20.0. The minimum absolute atomic E-state index is 0.0105. The fraction of sp³-hybridized carbons (Fsp3) is 0.480. The fourth-order valence-electron chi connectivity index (χ4n) is 3.88. The molecule has 2 aromatic carbocycles. The van der Waals surface area contributed by atoms with Crippen molar-refractivity contribution in [3.63, 3.8) is 0 Å². The number of alkyl carbamates (subject to hydrolysis) is 1. The molecule has 2 aromatic rings. The molecule has 1 aliphatic rings. The van der Waals surface area contributed by atoms with E-state index in [9.17, 15) is 23.4 Å². The smallest absolute Gasteiger partial charge is 0.407 e. The van der Waals surface area contributed by atoms with Crippen molar-refractivity contribution in [2.24, 2.45) is 5.92 Å². The number of sulfonamides is 1. The Hall–Kier alpha value is -2.66. The number of rotatable bonds is 11. The molecule has 0 radical (unpaired) electrons. The first-order valence-corrected chi connectivity index (χ1v) is 13.1. The molecule has 10 heteroatoms. The molecule has 3 atom stereocenters. The molecular formula is C25H34N2O7S. The first-order chi connectivity index (χ1) is 16.6. The number of nitrogens with zero attached hydrogens (tertiary/aromatic N) is 1. The number of hydrogen-bond acceptors (Lipinski definition) is 7. The molecule has 0 bridgehead atoms. The minimum atomic E-state index is -3.96. The second-order valence-corrected chi connectivity index (χ2v) is 11.0. The Bertz CT molecular complexity index is 1040. The number of nitrogens with one attached hydrogen (secondary N) is 1. The number of benzene rings is 2. The second kappa shape index (κ2) is 12.3. The molecule has 192 valence electrons. The van der Waals surface area contributed by atoms with Gasteiger partial charge in [-0.25, -0.2) is 13.2 Å². The Balaban J connectivity index is 1.80. The SMILES string of the molecule is CC(C)CN(CC(O)C(Cc1ccccc1)NC(=O)OC1CCOC1)S(=O)(=O)c1ccc(O)cc1. The number of ether oxygens (including phenoxy) is 2. The van der Waals surface area contributed by atoms with Gasteiger partial charge in [0.2, 0.25) is 10.0 Å². The van der Waals surface area contributed by atoms with Crippen LogP contribution in [0.4, 0.5) is 4.79 Å². The van der Waals surface area contributed by atoms with Gasteiger partial charge in [0.05, 0.1) is 30.3 Å². The third-order valence-electron chi connectivity index (χ3n) is 5.66. The number of carbonyl (C=O) groups is 1. The van der Waals surface area contributed by atoms with Gasteiger partial charge < -0.3 is 25.0 Å². The van der Waals surface area contributed by atoms with Crippen LogP contribution >= 0.6 is 0 Å². The third kappa shape index (κ3) is 7.93. The summed E-state index contributed by atoms with van der Waals surface area (Å²) in [6.07, 6.45) is -1.36. The Kier molecular flexibility index (Phi) is 9.50. The molecule has 0 aliphatic carbocycles. The van der Waals surface area contributed by atoms with E-state index >= 15 is 0 Å². The normalized spacial score (nSPS) is 17.9. The van der Waals surface area contributed by atoms with E-state index in [0.29, 0.717) is 19.6 Å². The van der Waals surface area contributed by atoms with Crippen molar-refractivity contribution in [1.82, 2.24) is 9.62 Å². The summed E-state index contributed by atoms with van der Waals surface area (Å²) < 4.78 is 38.6. The van der Waals surface area contributed by atoms with Gasteiger partial charge in [0.1, 0.15) is 11.9 Å². The van der Waals surface area contributed by atoms with E-state index in [1.807, 2.05) is 44.2 Å². The first-order valence-electron chi connectivity index (χ1n) is 11.7. The van der Waals surface area contributed by atoms with Crippen LogP contribution in [0.1, 0.15) is 25.8 Å². The zero-order chi connectivity index (χ0) is 25.4. The summed E-state index contributed by atoms with van der Waals surface area (Å²) in [4.78, 5) is 12.6. The van der Waals surface area contributed by atoms with Gasteiger partial charge in [-0.2, -0.15) is 4.31 Å². The summed E-state index contributed by atoms with van der Waals surface area (Å²) in [6, 6.07) is 13.8. The van der Waals surface area contributed by atoms with E-state index in [2.05, 4.69) is 5.32 Å². The van der Waals surface area contributed by atoms with Crippen molar-refractivity contribution >= 4 is 16.1 Å². The highest BCUT2D eigenvalue weighted by Crippen LogP contribution is 2.21. The molecule has 0 aromatic heterocycles. The minimum Gasteiger partial charge on any atom is -0.508 e. The Labute approximate surface area is 206 Å². The standard InChI is InChI=1S/C25H34N2O7S/c1-18(2)15-27(35(31,32)22-10-8-20(28)9-11-22)16-24(29)23(14-19-6-4-3-5-7-19)26-25(30)34-21-12-13-33-17-21/h3-11,18,21,23-24,28-29H,12-17H2,1-2H3,(H,26,30). The molecule has 3 rings (SSSR count). The number of aromatic hydroxyl groups is 1. The number of carbonyl (C=O) groups excluding carboxylic acids is 1. The molecule has 0 spiro atoms. The van der Waals surface area contributed by atoms with E-state index in [1.165, 1.54) is 28.6 Å². The van der Waals surface area contributed by atoms with Gasteiger partial charge in [-0.15, -0.1) is 0 Å². The highest BCUT2D eigenvalue weighted by atomic mass is 32.2.